The van der Waals surface area contributed by atoms with Gasteiger partial charge in [-0.3, -0.25) is 4.79 Å². The van der Waals surface area contributed by atoms with E-state index in [1.807, 2.05) is 0 Å². The third kappa shape index (κ3) is 2.62. The number of rotatable bonds is 3. The number of carbonyl (C=O) groups is 1. The normalized spacial score (nSPS) is 29.4. The number of hydrogen-bond acceptors (Lipinski definition) is 1. The van der Waals surface area contributed by atoms with Crippen LogP contribution in [-0.2, 0) is 0 Å². The molecule has 1 N–H and O–H groups in total. The molecule has 20 heavy (non-hydrogen) atoms. The van der Waals surface area contributed by atoms with Crippen molar-refractivity contribution < 1.29 is 9.18 Å². The number of nitrogens with one attached hydrogen (secondary N) is 1. The fourth-order valence-corrected chi connectivity index (χ4v) is 4.40. The zero-order valence-electron chi connectivity index (χ0n) is 11.5. The molecule has 4 atom stereocenters. The lowest BCUT2D eigenvalue weighted by Crippen LogP contribution is -2.40. The molecular formula is C16H19BrFNO. The molecule has 2 aliphatic rings. The van der Waals surface area contributed by atoms with Gasteiger partial charge in [-0.2, -0.15) is 0 Å². The summed E-state index contributed by atoms with van der Waals surface area (Å²) < 4.78 is 13.9. The number of benzene rings is 1. The van der Waals surface area contributed by atoms with Crippen LogP contribution in [0.2, 0.25) is 0 Å². The molecule has 4 heteroatoms. The molecule has 108 valence electrons. The maximum Gasteiger partial charge on any atom is 0.252 e. The number of fused-ring (bicyclic) bond motifs is 2. The van der Waals surface area contributed by atoms with E-state index in [9.17, 15) is 9.18 Å². The fourth-order valence-electron chi connectivity index (χ4n) is 3.97. The van der Waals surface area contributed by atoms with E-state index in [0.29, 0.717) is 16.0 Å². The molecule has 1 amide bonds. The van der Waals surface area contributed by atoms with E-state index in [1.165, 1.54) is 37.8 Å². The van der Waals surface area contributed by atoms with Gasteiger partial charge >= 0.3 is 0 Å². The Morgan fingerprint density at radius 3 is 2.85 bits per heavy atom. The zero-order valence-corrected chi connectivity index (χ0v) is 13.1. The first-order chi connectivity index (χ1) is 9.54. The molecule has 0 spiro atoms. The molecule has 0 aliphatic heterocycles. The summed E-state index contributed by atoms with van der Waals surface area (Å²) in [5.41, 5.74) is 0.375. The highest BCUT2D eigenvalue weighted by molar-refractivity contribution is 9.10. The quantitative estimate of drug-likeness (QED) is 0.880. The van der Waals surface area contributed by atoms with Crippen molar-refractivity contribution in [3.8, 4) is 0 Å². The molecule has 2 aliphatic carbocycles. The van der Waals surface area contributed by atoms with Crippen LogP contribution in [0.1, 0.15) is 43.0 Å². The van der Waals surface area contributed by atoms with Gasteiger partial charge in [-0.1, -0.05) is 6.42 Å². The molecule has 0 heterocycles. The van der Waals surface area contributed by atoms with Crippen LogP contribution >= 0.6 is 15.9 Å². The SMILES string of the molecule is C[C@H](NC(=O)c1cc(F)ccc1Br)[C@@H]1C[C@H]2CC[C@H]1C2. The summed E-state index contributed by atoms with van der Waals surface area (Å²) in [5, 5.41) is 3.06. The van der Waals surface area contributed by atoms with Gasteiger partial charge in [0.2, 0.25) is 0 Å². The molecule has 2 nitrogen and oxygen atoms in total. The van der Waals surface area contributed by atoms with Gasteiger partial charge in [0.1, 0.15) is 5.82 Å². The minimum atomic E-state index is -0.383. The van der Waals surface area contributed by atoms with E-state index in [4.69, 9.17) is 0 Å². The first-order valence-corrected chi connectivity index (χ1v) is 8.10. The predicted molar refractivity (Wildman–Crippen MR) is 80.0 cm³/mol. The highest BCUT2D eigenvalue weighted by Gasteiger charge is 2.42. The van der Waals surface area contributed by atoms with Crippen LogP contribution in [0.3, 0.4) is 0 Å². The van der Waals surface area contributed by atoms with Crippen LogP contribution in [0.4, 0.5) is 4.39 Å². The van der Waals surface area contributed by atoms with Crippen molar-refractivity contribution in [2.75, 3.05) is 0 Å². The van der Waals surface area contributed by atoms with Crippen molar-refractivity contribution in [1.82, 2.24) is 5.32 Å². The second-order valence-corrected chi connectivity index (χ2v) is 7.08. The number of amides is 1. The molecule has 0 saturated heterocycles. The fraction of sp³-hybridized carbons (Fsp3) is 0.562. The van der Waals surface area contributed by atoms with Crippen molar-refractivity contribution in [2.45, 2.75) is 38.6 Å². The minimum absolute atomic E-state index is 0.160. The van der Waals surface area contributed by atoms with Crippen molar-refractivity contribution in [3.05, 3.63) is 34.1 Å². The summed E-state index contributed by atoms with van der Waals surface area (Å²) in [6, 6.07) is 4.37. The molecule has 2 fully saturated rings. The Labute approximate surface area is 127 Å². The van der Waals surface area contributed by atoms with Gasteiger partial charge in [-0.15, -0.1) is 0 Å². The third-order valence-corrected chi connectivity index (χ3v) is 5.66. The van der Waals surface area contributed by atoms with Crippen LogP contribution < -0.4 is 5.32 Å². The van der Waals surface area contributed by atoms with E-state index < -0.39 is 0 Å². The average Bonchev–Trinajstić information content (AvgIpc) is 3.03. The molecule has 3 rings (SSSR count). The highest BCUT2D eigenvalue weighted by atomic mass is 79.9. The Hall–Kier alpha value is -0.900. The smallest absolute Gasteiger partial charge is 0.252 e. The maximum atomic E-state index is 13.3. The summed E-state index contributed by atoms with van der Waals surface area (Å²) >= 11 is 3.31. The van der Waals surface area contributed by atoms with Crippen molar-refractivity contribution in [1.29, 1.82) is 0 Å². The van der Waals surface area contributed by atoms with Crippen molar-refractivity contribution in [3.63, 3.8) is 0 Å². The first-order valence-electron chi connectivity index (χ1n) is 7.30. The monoisotopic (exact) mass is 339 g/mol. The molecule has 2 saturated carbocycles. The van der Waals surface area contributed by atoms with E-state index in [0.717, 1.165) is 11.8 Å². The van der Waals surface area contributed by atoms with E-state index in [2.05, 4.69) is 28.2 Å². The largest absolute Gasteiger partial charge is 0.349 e. The van der Waals surface area contributed by atoms with Gasteiger partial charge in [0.25, 0.3) is 5.91 Å². The molecular weight excluding hydrogens is 321 g/mol. The minimum Gasteiger partial charge on any atom is -0.349 e. The number of hydrogen-bond donors (Lipinski definition) is 1. The Balaban J connectivity index is 1.68. The molecule has 1 aromatic rings. The summed E-state index contributed by atoms with van der Waals surface area (Å²) in [7, 11) is 0. The third-order valence-electron chi connectivity index (χ3n) is 4.97. The number of halogens is 2. The second-order valence-electron chi connectivity index (χ2n) is 6.23. The lowest BCUT2D eigenvalue weighted by Gasteiger charge is -2.28. The van der Waals surface area contributed by atoms with E-state index >= 15 is 0 Å². The lowest BCUT2D eigenvalue weighted by molar-refractivity contribution is 0.0914. The zero-order chi connectivity index (χ0) is 14.3. The Kier molecular flexibility index (Phi) is 3.85. The van der Waals surface area contributed by atoms with Crippen LogP contribution in [-0.4, -0.2) is 11.9 Å². The van der Waals surface area contributed by atoms with Crippen molar-refractivity contribution >= 4 is 21.8 Å². The summed E-state index contributed by atoms with van der Waals surface area (Å²) in [6.45, 7) is 2.08. The molecule has 2 bridgehead atoms. The standard InChI is InChI=1S/C16H19BrFNO/c1-9(13-7-10-2-3-11(13)6-10)19-16(20)14-8-12(18)4-5-15(14)17/h4-5,8-11,13H,2-3,6-7H2,1H3,(H,19,20)/t9-,10-,11-,13-/m0/s1. The molecule has 1 aromatic carbocycles. The summed E-state index contributed by atoms with van der Waals surface area (Å²) in [4.78, 5) is 12.3. The first kappa shape index (κ1) is 14.1. The van der Waals surface area contributed by atoms with Gasteiger partial charge < -0.3 is 5.32 Å². The molecule has 0 radical (unpaired) electrons. The average molecular weight is 340 g/mol. The lowest BCUT2D eigenvalue weighted by atomic mass is 9.84. The van der Waals surface area contributed by atoms with E-state index in [-0.39, 0.29) is 17.8 Å². The molecule has 0 unspecified atom stereocenters. The van der Waals surface area contributed by atoms with E-state index in [1.54, 1.807) is 6.07 Å². The predicted octanol–water partition coefficient (Wildman–Crippen LogP) is 4.14. The Morgan fingerprint density at radius 2 is 2.20 bits per heavy atom. The summed E-state index contributed by atoms with van der Waals surface area (Å²) in [5.74, 6) is 1.65. The van der Waals surface area contributed by atoms with Gasteiger partial charge in [0, 0.05) is 10.5 Å². The van der Waals surface area contributed by atoms with Gasteiger partial charge in [0.05, 0.1) is 5.56 Å². The topological polar surface area (TPSA) is 29.1 Å². The van der Waals surface area contributed by atoms with Crippen LogP contribution in [0.25, 0.3) is 0 Å². The van der Waals surface area contributed by atoms with Gasteiger partial charge in [-0.25, -0.2) is 4.39 Å². The van der Waals surface area contributed by atoms with Crippen LogP contribution in [0.5, 0.6) is 0 Å². The van der Waals surface area contributed by atoms with Crippen LogP contribution in [0, 0.1) is 23.6 Å². The summed E-state index contributed by atoms with van der Waals surface area (Å²) in [6.07, 6.45) is 5.22. The Bertz CT molecular complexity index is 533. The number of carbonyl (C=O) groups excluding carboxylic acids is 1. The van der Waals surface area contributed by atoms with Gasteiger partial charge in [0.15, 0.2) is 0 Å². The van der Waals surface area contributed by atoms with Gasteiger partial charge in [-0.05, 0) is 78.1 Å². The Morgan fingerprint density at radius 1 is 1.40 bits per heavy atom. The van der Waals surface area contributed by atoms with Crippen LogP contribution in [0.15, 0.2) is 22.7 Å². The highest BCUT2D eigenvalue weighted by Crippen LogP contribution is 2.49. The molecule has 0 aromatic heterocycles. The maximum absolute atomic E-state index is 13.3. The second kappa shape index (κ2) is 5.47. The van der Waals surface area contributed by atoms with Crippen molar-refractivity contribution in [2.24, 2.45) is 17.8 Å².